The van der Waals surface area contributed by atoms with E-state index in [9.17, 15) is 0 Å². The fourth-order valence-corrected chi connectivity index (χ4v) is 5.05. The summed E-state index contributed by atoms with van der Waals surface area (Å²) in [6, 6.07) is 8.89. The number of benzene rings is 1. The van der Waals surface area contributed by atoms with Crippen LogP contribution in [-0.2, 0) is 5.75 Å². The van der Waals surface area contributed by atoms with Crippen LogP contribution in [0.2, 0.25) is 5.02 Å². The highest BCUT2D eigenvalue weighted by Crippen LogP contribution is 2.36. The number of halogens is 1. The first-order valence-corrected chi connectivity index (χ1v) is 9.19. The highest BCUT2D eigenvalue weighted by molar-refractivity contribution is 7.99. The van der Waals surface area contributed by atoms with Crippen LogP contribution in [0.4, 0.5) is 0 Å². The van der Waals surface area contributed by atoms with Crippen molar-refractivity contribution in [3.63, 3.8) is 0 Å². The topological polar surface area (TPSA) is 12.0 Å². The Morgan fingerprint density at radius 2 is 2.10 bits per heavy atom. The van der Waals surface area contributed by atoms with Gasteiger partial charge in [-0.2, -0.15) is 11.8 Å². The molecule has 1 saturated carbocycles. The van der Waals surface area contributed by atoms with Crippen LogP contribution >= 0.6 is 23.4 Å². The molecule has 20 heavy (non-hydrogen) atoms. The van der Waals surface area contributed by atoms with Gasteiger partial charge in [-0.3, -0.25) is 0 Å². The molecule has 0 radical (unpaired) electrons. The number of rotatable bonds is 6. The number of hydrogen-bond acceptors (Lipinski definition) is 2. The minimum atomic E-state index is 0.663. The molecular formula is C17H26ClNS. The van der Waals surface area contributed by atoms with E-state index in [0.29, 0.717) is 6.04 Å². The van der Waals surface area contributed by atoms with E-state index in [4.69, 9.17) is 11.6 Å². The Balaban J connectivity index is 1.92. The summed E-state index contributed by atoms with van der Waals surface area (Å²) in [6.07, 6.45) is 6.77. The lowest BCUT2D eigenvalue weighted by Gasteiger charge is -2.35. The lowest BCUT2D eigenvalue weighted by atomic mass is 9.83. The molecule has 0 saturated heterocycles. The van der Waals surface area contributed by atoms with E-state index < -0.39 is 0 Å². The summed E-state index contributed by atoms with van der Waals surface area (Å²) in [7, 11) is 2.11. The molecule has 0 bridgehead atoms. The largest absolute Gasteiger partial charge is 0.316 e. The number of nitrogens with one attached hydrogen (secondary N) is 1. The zero-order valence-corrected chi connectivity index (χ0v) is 14.1. The predicted octanol–water partition coefficient (Wildman–Crippen LogP) is 5.13. The number of hydrogen-bond donors (Lipinski definition) is 1. The minimum absolute atomic E-state index is 0.663. The minimum Gasteiger partial charge on any atom is -0.316 e. The van der Waals surface area contributed by atoms with Crippen molar-refractivity contribution in [2.75, 3.05) is 7.05 Å². The second kappa shape index (κ2) is 8.31. The van der Waals surface area contributed by atoms with Gasteiger partial charge in [-0.05, 0) is 43.9 Å². The summed E-state index contributed by atoms with van der Waals surface area (Å²) in [5.41, 5.74) is 1.27. The van der Waals surface area contributed by atoms with Crippen molar-refractivity contribution in [3.05, 3.63) is 34.9 Å². The Morgan fingerprint density at radius 3 is 2.80 bits per heavy atom. The summed E-state index contributed by atoms with van der Waals surface area (Å²) in [6.45, 7) is 2.30. The van der Waals surface area contributed by atoms with Gasteiger partial charge in [-0.1, -0.05) is 49.6 Å². The van der Waals surface area contributed by atoms with Crippen LogP contribution in [0.1, 0.15) is 44.6 Å². The van der Waals surface area contributed by atoms with Gasteiger partial charge < -0.3 is 5.32 Å². The SMILES string of the molecule is CCCC1CCC(NC)C(SCc2ccccc2Cl)C1. The van der Waals surface area contributed by atoms with Crippen LogP contribution in [0.25, 0.3) is 0 Å². The van der Waals surface area contributed by atoms with Crippen molar-refractivity contribution in [1.82, 2.24) is 5.32 Å². The van der Waals surface area contributed by atoms with Crippen LogP contribution in [0.5, 0.6) is 0 Å². The first-order valence-electron chi connectivity index (χ1n) is 7.76. The van der Waals surface area contributed by atoms with E-state index in [-0.39, 0.29) is 0 Å². The average Bonchev–Trinajstić information content (AvgIpc) is 2.47. The van der Waals surface area contributed by atoms with Gasteiger partial charge >= 0.3 is 0 Å². The second-order valence-corrected chi connectivity index (χ2v) is 7.44. The predicted molar refractivity (Wildman–Crippen MR) is 91.6 cm³/mol. The molecule has 3 atom stereocenters. The van der Waals surface area contributed by atoms with Gasteiger partial charge in [0.2, 0.25) is 0 Å². The molecule has 0 heterocycles. The van der Waals surface area contributed by atoms with Gasteiger partial charge in [0.1, 0.15) is 0 Å². The molecule has 2 rings (SSSR count). The van der Waals surface area contributed by atoms with Crippen LogP contribution in [-0.4, -0.2) is 18.3 Å². The highest BCUT2D eigenvalue weighted by Gasteiger charge is 2.29. The third-order valence-electron chi connectivity index (χ3n) is 4.38. The molecular weight excluding hydrogens is 286 g/mol. The third kappa shape index (κ3) is 4.41. The first kappa shape index (κ1) is 16.2. The Kier molecular flexibility index (Phi) is 6.73. The molecule has 112 valence electrons. The molecule has 1 aliphatic carbocycles. The van der Waals surface area contributed by atoms with Gasteiger partial charge in [0, 0.05) is 22.1 Å². The maximum Gasteiger partial charge on any atom is 0.0446 e. The molecule has 3 heteroatoms. The fraction of sp³-hybridized carbons (Fsp3) is 0.647. The third-order valence-corrected chi connectivity index (χ3v) is 6.17. The Hall–Kier alpha value is -0.180. The summed E-state index contributed by atoms with van der Waals surface area (Å²) in [5, 5.41) is 5.14. The molecule has 1 N–H and O–H groups in total. The Labute approximate surface area is 132 Å². The average molecular weight is 312 g/mol. The molecule has 0 amide bonds. The molecule has 0 aromatic heterocycles. The standard InChI is InChI=1S/C17H26ClNS/c1-3-6-13-9-10-16(19-2)17(11-13)20-12-14-7-4-5-8-15(14)18/h4-5,7-8,13,16-17,19H,3,6,9-12H2,1-2H3. The van der Waals surface area contributed by atoms with Gasteiger partial charge in [0.15, 0.2) is 0 Å². The maximum absolute atomic E-state index is 6.26. The zero-order chi connectivity index (χ0) is 14.4. The molecule has 1 nitrogen and oxygen atoms in total. The van der Waals surface area contributed by atoms with Crippen LogP contribution in [0.3, 0.4) is 0 Å². The number of thioether (sulfide) groups is 1. The van der Waals surface area contributed by atoms with Crippen molar-refractivity contribution in [1.29, 1.82) is 0 Å². The lowest BCUT2D eigenvalue weighted by Crippen LogP contribution is -2.40. The molecule has 1 aliphatic rings. The van der Waals surface area contributed by atoms with Gasteiger partial charge in [0.05, 0.1) is 0 Å². The highest BCUT2D eigenvalue weighted by atomic mass is 35.5. The molecule has 1 aromatic rings. The molecule has 1 fully saturated rings. The van der Waals surface area contributed by atoms with Crippen molar-refractivity contribution < 1.29 is 0 Å². The molecule has 0 aliphatic heterocycles. The van der Waals surface area contributed by atoms with E-state index in [1.807, 2.05) is 12.1 Å². The van der Waals surface area contributed by atoms with Crippen molar-refractivity contribution in [2.45, 2.75) is 56.1 Å². The van der Waals surface area contributed by atoms with Crippen molar-refractivity contribution in [3.8, 4) is 0 Å². The molecule has 0 spiro atoms. The molecule has 3 unspecified atom stereocenters. The first-order chi connectivity index (χ1) is 9.74. The van der Waals surface area contributed by atoms with Crippen LogP contribution in [0.15, 0.2) is 24.3 Å². The summed E-state index contributed by atoms with van der Waals surface area (Å²) in [4.78, 5) is 0. The van der Waals surface area contributed by atoms with Crippen molar-refractivity contribution in [2.24, 2.45) is 5.92 Å². The smallest absolute Gasteiger partial charge is 0.0446 e. The van der Waals surface area contributed by atoms with E-state index >= 15 is 0 Å². The summed E-state index contributed by atoms with van der Waals surface area (Å²) < 4.78 is 0. The lowest BCUT2D eigenvalue weighted by molar-refractivity contribution is 0.295. The maximum atomic E-state index is 6.26. The Morgan fingerprint density at radius 1 is 1.30 bits per heavy atom. The summed E-state index contributed by atoms with van der Waals surface area (Å²) in [5.74, 6) is 1.95. The second-order valence-electron chi connectivity index (χ2n) is 5.80. The van der Waals surface area contributed by atoms with Crippen LogP contribution in [0, 0.1) is 5.92 Å². The van der Waals surface area contributed by atoms with Gasteiger partial charge in [0.25, 0.3) is 0 Å². The normalized spacial score (nSPS) is 26.6. The van der Waals surface area contributed by atoms with E-state index in [2.05, 4.69) is 43.2 Å². The van der Waals surface area contributed by atoms with E-state index in [1.165, 1.54) is 37.7 Å². The van der Waals surface area contributed by atoms with E-state index in [0.717, 1.165) is 21.9 Å². The zero-order valence-electron chi connectivity index (χ0n) is 12.6. The quantitative estimate of drug-likeness (QED) is 0.781. The fourth-order valence-electron chi connectivity index (χ4n) is 3.21. The van der Waals surface area contributed by atoms with Gasteiger partial charge in [-0.25, -0.2) is 0 Å². The Bertz CT molecular complexity index is 410. The monoisotopic (exact) mass is 311 g/mol. The van der Waals surface area contributed by atoms with E-state index in [1.54, 1.807) is 0 Å². The van der Waals surface area contributed by atoms with Crippen molar-refractivity contribution >= 4 is 23.4 Å². The summed E-state index contributed by atoms with van der Waals surface area (Å²) >= 11 is 8.34. The van der Waals surface area contributed by atoms with Crippen LogP contribution < -0.4 is 5.32 Å². The molecule has 1 aromatic carbocycles. The van der Waals surface area contributed by atoms with Gasteiger partial charge in [-0.15, -0.1) is 0 Å².